The zero-order chi connectivity index (χ0) is 2.71. The first-order chi connectivity index (χ1) is 1.41. The molecule has 0 aromatic rings. The smallest absolute Gasteiger partial charge is 0 e. The normalized spacial score (nSPS) is 1.60. The van der Waals surface area contributed by atoms with Crippen molar-refractivity contribution in [3.63, 3.8) is 0 Å². The van der Waals surface area contributed by atoms with Crippen LogP contribution in [0.1, 0.15) is 0 Å². The second kappa shape index (κ2) is 17.4. The van der Waals surface area contributed by atoms with Crippen LogP contribution in [0.25, 0.3) is 0 Å². The van der Waals surface area contributed by atoms with Crippen molar-refractivity contribution in [3.05, 3.63) is 0 Å². The molecular formula is O2Ti2Zn. The summed E-state index contributed by atoms with van der Waals surface area (Å²) >= 11 is -2.00. The minimum absolute atomic E-state index is 0. The van der Waals surface area contributed by atoms with Crippen LogP contribution in [0.5, 0.6) is 0 Å². The summed E-state index contributed by atoms with van der Waals surface area (Å²) in [7, 11) is 0. The third-order valence-electron chi connectivity index (χ3n) is 0. The van der Waals surface area contributed by atoms with E-state index < -0.39 is 19.1 Å². The van der Waals surface area contributed by atoms with Gasteiger partial charge in [-0.3, -0.25) is 0 Å². The van der Waals surface area contributed by atoms with Gasteiger partial charge >= 0.3 is 25.7 Å². The molecule has 0 atom stereocenters. The first-order valence-corrected chi connectivity index (χ1v) is 1.68. The Hall–Kier alpha value is 1.65. The van der Waals surface area contributed by atoms with Crippen LogP contribution in [-0.4, -0.2) is 0 Å². The van der Waals surface area contributed by atoms with Gasteiger partial charge in [0.2, 0.25) is 0 Å². The maximum Gasteiger partial charge on any atom is 0 e. The van der Waals surface area contributed by atoms with Crippen LogP contribution in [0.4, 0.5) is 0 Å². The summed E-state index contributed by atoms with van der Waals surface area (Å²) in [5, 5.41) is 0. The average Bonchev–Trinajstić information content (AvgIpc) is 0.918. The van der Waals surface area contributed by atoms with E-state index in [1.165, 1.54) is 0 Å². The molecule has 0 fully saturated rings. The van der Waals surface area contributed by atoms with Crippen molar-refractivity contribution in [1.82, 2.24) is 0 Å². The summed E-state index contributed by atoms with van der Waals surface area (Å²) in [4.78, 5) is 0. The first-order valence-electron chi connectivity index (χ1n) is 0.408. The van der Waals surface area contributed by atoms with Gasteiger partial charge in [0.05, 0.1) is 0 Å². The van der Waals surface area contributed by atoms with Crippen LogP contribution in [-0.2, 0) is 66.9 Å². The molecule has 0 unspecified atom stereocenters. The monoisotopic (exact) mass is 192 g/mol. The van der Waals surface area contributed by atoms with Gasteiger partial charge in [-0.2, -0.15) is 0 Å². The summed E-state index contributed by atoms with van der Waals surface area (Å²) in [6.45, 7) is 0. The van der Waals surface area contributed by atoms with Crippen molar-refractivity contribution in [2.24, 2.45) is 0 Å². The van der Waals surface area contributed by atoms with E-state index in [0.29, 0.717) is 0 Å². The molecule has 22 valence electrons. The molecule has 0 aliphatic carbocycles. The fourth-order valence-corrected chi connectivity index (χ4v) is 0. The molecule has 0 radical (unpaired) electrons. The largest absolute Gasteiger partial charge is 0 e. The topological polar surface area (TPSA) is 34.1 Å². The fraction of sp³-hybridized carbons (Fsp3) is 0. The molecule has 0 N–H and O–H groups in total. The van der Waals surface area contributed by atoms with E-state index in [1.54, 1.807) is 0 Å². The summed E-state index contributed by atoms with van der Waals surface area (Å²) < 4.78 is 17.0. The molecule has 2 nitrogen and oxygen atoms in total. The molecule has 0 aromatic carbocycles. The van der Waals surface area contributed by atoms with Crippen molar-refractivity contribution >= 4 is 0 Å². The predicted molar refractivity (Wildman–Crippen MR) is 1.37 cm³/mol. The third-order valence-corrected chi connectivity index (χ3v) is 0. The second-order valence-electron chi connectivity index (χ2n) is 0.0833. The van der Waals surface area contributed by atoms with E-state index in [1.807, 2.05) is 0 Å². The molecule has 0 saturated heterocycles. The molecule has 5 heavy (non-hydrogen) atoms. The molecule has 0 aromatic heterocycles. The van der Waals surface area contributed by atoms with E-state index in [2.05, 4.69) is 0 Å². The molecule has 0 rings (SSSR count). The molecule has 0 spiro atoms. The van der Waals surface area contributed by atoms with E-state index in [9.17, 15) is 0 Å². The van der Waals surface area contributed by atoms with Crippen molar-refractivity contribution in [1.29, 1.82) is 0 Å². The van der Waals surface area contributed by atoms with E-state index in [4.69, 9.17) is 6.65 Å². The van der Waals surface area contributed by atoms with Crippen molar-refractivity contribution in [2.45, 2.75) is 0 Å². The molecule has 0 bridgehead atoms. The third kappa shape index (κ3) is 27.6. The zero-order valence-electron chi connectivity index (χ0n) is 2.52. The Morgan fingerprint density at radius 2 is 1.20 bits per heavy atom. The Labute approximate surface area is 66.3 Å². The molecule has 0 aliphatic heterocycles. The van der Waals surface area contributed by atoms with Gasteiger partial charge in [-0.25, -0.2) is 0 Å². The van der Waals surface area contributed by atoms with E-state index in [0.717, 1.165) is 0 Å². The van der Waals surface area contributed by atoms with Gasteiger partial charge in [-0.1, -0.05) is 0 Å². The fourth-order valence-electron chi connectivity index (χ4n) is 0. The zero-order valence-corrected chi connectivity index (χ0v) is 8.61. The van der Waals surface area contributed by atoms with Gasteiger partial charge in [0.25, 0.3) is 0 Å². The summed E-state index contributed by atoms with van der Waals surface area (Å²) in [6.07, 6.45) is 0. The van der Waals surface area contributed by atoms with Gasteiger partial charge in [-0.05, 0) is 0 Å². The summed E-state index contributed by atoms with van der Waals surface area (Å²) in [5.41, 5.74) is 0. The van der Waals surface area contributed by atoms with Crippen LogP contribution in [0.3, 0.4) is 0 Å². The Kier molecular flexibility index (Phi) is 55.4. The van der Waals surface area contributed by atoms with Gasteiger partial charge in [0.15, 0.2) is 0 Å². The van der Waals surface area contributed by atoms with Crippen LogP contribution in [0, 0.1) is 0 Å². The Bertz CT molecular complexity index is 28.6. The van der Waals surface area contributed by atoms with Crippen LogP contribution in [0.2, 0.25) is 0 Å². The summed E-state index contributed by atoms with van der Waals surface area (Å²) in [6, 6.07) is 0. The Morgan fingerprint density at radius 3 is 1.20 bits per heavy atom. The molecular weight excluding hydrogens is 193 g/mol. The van der Waals surface area contributed by atoms with Gasteiger partial charge < -0.3 is 0 Å². The number of hydrogen-bond donors (Lipinski definition) is 0. The maximum absolute atomic E-state index is 8.50. The average molecular weight is 193 g/mol. The van der Waals surface area contributed by atoms with Crippen LogP contribution < -0.4 is 0 Å². The SMILES string of the molecule is [O]=[Ti]=[O].[Ti].[Zn]. The standard InChI is InChI=1S/2O.2Ti.Zn. The number of hydrogen-bond acceptors (Lipinski definition) is 2. The Balaban J connectivity index is -0.0000000200. The minimum atomic E-state index is -2.00. The van der Waals surface area contributed by atoms with Crippen molar-refractivity contribution in [2.75, 3.05) is 0 Å². The quantitative estimate of drug-likeness (QED) is 0.497. The predicted octanol–water partition coefficient (Wildman–Crippen LogP) is -0.245. The van der Waals surface area contributed by atoms with E-state index >= 15 is 0 Å². The maximum atomic E-state index is 8.50. The van der Waals surface area contributed by atoms with Crippen LogP contribution >= 0.6 is 0 Å². The summed E-state index contributed by atoms with van der Waals surface area (Å²) in [5.74, 6) is 0. The number of rotatable bonds is 0. The van der Waals surface area contributed by atoms with E-state index in [-0.39, 0.29) is 41.2 Å². The van der Waals surface area contributed by atoms with Crippen LogP contribution in [0.15, 0.2) is 0 Å². The Morgan fingerprint density at radius 1 is 1.20 bits per heavy atom. The second-order valence-corrected chi connectivity index (χ2v) is 0.344. The molecule has 0 aliphatic rings. The molecule has 0 saturated carbocycles. The molecule has 0 amide bonds. The first kappa shape index (κ1) is 15.9. The van der Waals surface area contributed by atoms with Gasteiger partial charge in [0.1, 0.15) is 0 Å². The van der Waals surface area contributed by atoms with Gasteiger partial charge in [-0.15, -0.1) is 0 Å². The van der Waals surface area contributed by atoms with Gasteiger partial charge in [0, 0.05) is 41.2 Å². The molecule has 0 heterocycles. The molecule has 5 heteroatoms. The van der Waals surface area contributed by atoms with Crippen molar-refractivity contribution < 1.29 is 66.9 Å². The minimum Gasteiger partial charge on any atom is 0 e. The van der Waals surface area contributed by atoms with Crippen molar-refractivity contribution in [3.8, 4) is 0 Å².